The standard InChI is InChI=1S/C10H12BN3O2/c12-10-5-6-13-14(10)7-8-3-1-2-4-9(8)11(15)16/h1-6,15-16H,7,12H2. The second-order valence-corrected chi connectivity index (χ2v) is 3.49. The summed E-state index contributed by atoms with van der Waals surface area (Å²) in [6.45, 7) is 0.423. The molecular weight excluding hydrogens is 205 g/mol. The van der Waals surface area contributed by atoms with Crippen LogP contribution in [0.2, 0.25) is 0 Å². The molecule has 0 saturated carbocycles. The Kier molecular flexibility index (Phi) is 2.94. The lowest BCUT2D eigenvalue weighted by Crippen LogP contribution is -2.33. The highest BCUT2D eigenvalue weighted by atomic mass is 16.4. The van der Waals surface area contributed by atoms with E-state index >= 15 is 0 Å². The van der Waals surface area contributed by atoms with Gasteiger partial charge in [0.05, 0.1) is 12.7 Å². The van der Waals surface area contributed by atoms with E-state index in [0.29, 0.717) is 17.8 Å². The topological polar surface area (TPSA) is 84.3 Å². The number of nitrogens with zero attached hydrogens (tertiary/aromatic N) is 2. The zero-order valence-electron chi connectivity index (χ0n) is 8.61. The number of hydrogen-bond acceptors (Lipinski definition) is 4. The van der Waals surface area contributed by atoms with E-state index < -0.39 is 7.12 Å². The maximum atomic E-state index is 9.20. The molecule has 5 nitrogen and oxygen atoms in total. The first-order chi connectivity index (χ1) is 7.68. The zero-order chi connectivity index (χ0) is 11.5. The molecule has 0 amide bonds. The second-order valence-electron chi connectivity index (χ2n) is 3.49. The molecular formula is C10H12BN3O2. The van der Waals surface area contributed by atoms with Crippen LogP contribution >= 0.6 is 0 Å². The molecule has 0 spiro atoms. The fraction of sp³-hybridized carbons (Fsp3) is 0.100. The second kappa shape index (κ2) is 4.38. The quantitative estimate of drug-likeness (QED) is 0.587. The van der Waals surface area contributed by atoms with Crippen molar-refractivity contribution in [3.05, 3.63) is 42.1 Å². The SMILES string of the molecule is Nc1ccnn1Cc1ccccc1B(O)O. The third kappa shape index (κ3) is 2.07. The van der Waals surface area contributed by atoms with Gasteiger partial charge in [0, 0.05) is 0 Å². The van der Waals surface area contributed by atoms with Gasteiger partial charge in [-0.25, -0.2) is 4.68 Å². The summed E-state index contributed by atoms with van der Waals surface area (Å²) in [4.78, 5) is 0. The number of nitrogens with two attached hydrogens (primary N) is 1. The molecule has 4 N–H and O–H groups in total. The molecule has 1 aromatic heterocycles. The Balaban J connectivity index is 2.31. The summed E-state index contributed by atoms with van der Waals surface area (Å²) in [5.41, 5.74) is 6.94. The largest absolute Gasteiger partial charge is 0.488 e. The van der Waals surface area contributed by atoms with Crippen molar-refractivity contribution in [3.63, 3.8) is 0 Å². The lowest BCUT2D eigenvalue weighted by molar-refractivity contribution is 0.425. The van der Waals surface area contributed by atoms with Crippen molar-refractivity contribution < 1.29 is 10.0 Å². The van der Waals surface area contributed by atoms with Gasteiger partial charge >= 0.3 is 7.12 Å². The van der Waals surface area contributed by atoms with Crippen molar-refractivity contribution in [1.29, 1.82) is 0 Å². The molecule has 0 unspecified atom stereocenters. The number of benzene rings is 1. The summed E-state index contributed by atoms with van der Waals surface area (Å²) in [6, 6.07) is 8.76. The molecule has 16 heavy (non-hydrogen) atoms. The van der Waals surface area contributed by atoms with Crippen LogP contribution in [0.1, 0.15) is 5.56 Å². The molecule has 1 heterocycles. The molecule has 0 radical (unpaired) electrons. The van der Waals surface area contributed by atoms with Crippen molar-refractivity contribution in [1.82, 2.24) is 9.78 Å². The Hall–Kier alpha value is -1.79. The van der Waals surface area contributed by atoms with E-state index in [-0.39, 0.29) is 0 Å². The minimum Gasteiger partial charge on any atom is -0.423 e. The van der Waals surface area contributed by atoms with Gasteiger partial charge < -0.3 is 15.8 Å². The molecule has 2 rings (SSSR count). The summed E-state index contributed by atoms with van der Waals surface area (Å²) < 4.78 is 1.60. The van der Waals surface area contributed by atoms with E-state index in [1.54, 1.807) is 29.1 Å². The number of nitrogen functional groups attached to an aromatic ring is 1. The highest BCUT2D eigenvalue weighted by Crippen LogP contribution is 2.05. The van der Waals surface area contributed by atoms with E-state index in [4.69, 9.17) is 5.73 Å². The van der Waals surface area contributed by atoms with E-state index in [2.05, 4.69) is 5.10 Å². The van der Waals surface area contributed by atoms with E-state index in [1.807, 2.05) is 12.1 Å². The highest BCUT2D eigenvalue weighted by Gasteiger charge is 2.15. The summed E-state index contributed by atoms with van der Waals surface area (Å²) in [5.74, 6) is 0.544. The molecule has 6 heteroatoms. The average molecular weight is 217 g/mol. The van der Waals surface area contributed by atoms with Gasteiger partial charge in [0.2, 0.25) is 0 Å². The van der Waals surface area contributed by atoms with Crippen molar-refractivity contribution in [2.45, 2.75) is 6.54 Å². The maximum Gasteiger partial charge on any atom is 0.488 e. The summed E-state index contributed by atoms with van der Waals surface area (Å²) in [7, 11) is -1.48. The molecule has 1 aromatic carbocycles. The third-order valence-electron chi connectivity index (χ3n) is 2.40. The van der Waals surface area contributed by atoms with Crippen LogP contribution in [-0.4, -0.2) is 26.9 Å². The van der Waals surface area contributed by atoms with Crippen LogP contribution in [0.5, 0.6) is 0 Å². The molecule has 0 saturated heterocycles. The lowest BCUT2D eigenvalue weighted by atomic mass is 9.77. The fourth-order valence-corrected chi connectivity index (χ4v) is 1.57. The molecule has 0 fully saturated rings. The van der Waals surface area contributed by atoms with Gasteiger partial charge in [-0.15, -0.1) is 0 Å². The summed E-state index contributed by atoms with van der Waals surface area (Å²) in [6.07, 6.45) is 1.60. The first kappa shape index (κ1) is 10.7. The molecule has 0 aliphatic heterocycles. The van der Waals surface area contributed by atoms with Crippen LogP contribution in [-0.2, 0) is 6.54 Å². The number of rotatable bonds is 3. The fourth-order valence-electron chi connectivity index (χ4n) is 1.57. The van der Waals surface area contributed by atoms with Gasteiger partial charge in [-0.05, 0) is 17.1 Å². The minimum atomic E-state index is -1.48. The number of aromatic nitrogens is 2. The van der Waals surface area contributed by atoms with Gasteiger partial charge in [-0.2, -0.15) is 5.10 Å². The van der Waals surface area contributed by atoms with E-state index in [9.17, 15) is 10.0 Å². The average Bonchev–Trinajstić information content (AvgIpc) is 2.65. The van der Waals surface area contributed by atoms with Gasteiger partial charge in [0.15, 0.2) is 0 Å². The van der Waals surface area contributed by atoms with Crippen molar-refractivity contribution >= 4 is 18.4 Å². The highest BCUT2D eigenvalue weighted by molar-refractivity contribution is 6.59. The summed E-state index contributed by atoms with van der Waals surface area (Å²) >= 11 is 0. The van der Waals surface area contributed by atoms with Crippen LogP contribution < -0.4 is 11.2 Å². The lowest BCUT2D eigenvalue weighted by Gasteiger charge is -2.09. The maximum absolute atomic E-state index is 9.20. The zero-order valence-corrected chi connectivity index (χ0v) is 8.61. The van der Waals surface area contributed by atoms with Gasteiger partial charge in [-0.3, -0.25) is 0 Å². The van der Waals surface area contributed by atoms with Crippen molar-refractivity contribution in [2.24, 2.45) is 0 Å². The molecule has 2 aromatic rings. The molecule has 0 atom stereocenters. The van der Waals surface area contributed by atoms with Gasteiger partial charge in [0.1, 0.15) is 5.82 Å². The molecule has 0 aliphatic carbocycles. The Labute approximate surface area is 93.3 Å². The molecule has 0 aliphatic rings. The van der Waals surface area contributed by atoms with Gasteiger partial charge in [0.25, 0.3) is 0 Å². The number of anilines is 1. The monoisotopic (exact) mass is 217 g/mol. The van der Waals surface area contributed by atoms with Crippen LogP contribution in [0.3, 0.4) is 0 Å². The number of hydrogen-bond donors (Lipinski definition) is 3. The van der Waals surface area contributed by atoms with E-state index in [1.165, 1.54) is 0 Å². The Bertz CT molecular complexity index is 484. The summed E-state index contributed by atoms with van der Waals surface area (Å²) in [5, 5.41) is 22.4. The van der Waals surface area contributed by atoms with E-state index in [0.717, 1.165) is 5.56 Å². The van der Waals surface area contributed by atoms with Crippen molar-refractivity contribution in [2.75, 3.05) is 5.73 Å². The normalized spacial score (nSPS) is 10.4. The van der Waals surface area contributed by atoms with Crippen LogP contribution in [0.4, 0.5) is 5.82 Å². The van der Waals surface area contributed by atoms with Crippen LogP contribution in [0, 0.1) is 0 Å². The first-order valence-electron chi connectivity index (χ1n) is 4.89. The third-order valence-corrected chi connectivity index (χ3v) is 2.40. The predicted molar refractivity (Wildman–Crippen MR) is 62.0 cm³/mol. The van der Waals surface area contributed by atoms with Crippen molar-refractivity contribution in [3.8, 4) is 0 Å². The van der Waals surface area contributed by atoms with Crippen LogP contribution in [0.25, 0.3) is 0 Å². The Morgan fingerprint density at radius 1 is 1.25 bits per heavy atom. The smallest absolute Gasteiger partial charge is 0.423 e. The van der Waals surface area contributed by atoms with Gasteiger partial charge in [-0.1, -0.05) is 24.3 Å². The Morgan fingerprint density at radius 2 is 2.00 bits per heavy atom. The predicted octanol–water partition coefficient (Wildman–Crippen LogP) is -0.807. The minimum absolute atomic E-state index is 0.423. The van der Waals surface area contributed by atoms with Crippen LogP contribution in [0.15, 0.2) is 36.5 Å². The Morgan fingerprint density at radius 3 is 2.62 bits per heavy atom. The molecule has 82 valence electrons. The first-order valence-corrected chi connectivity index (χ1v) is 4.89. The molecule has 0 bridgehead atoms.